The molecule has 2 aromatic carbocycles. The molecule has 0 saturated heterocycles. The Labute approximate surface area is 174 Å². The molecule has 0 bridgehead atoms. The maximum absolute atomic E-state index is 12.5. The van der Waals surface area contributed by atoms with Crippen LogP contribution in [0.15, 0.2) is 66.7 Å². The first-order valence-electron chi connectivity index (χ1n) is 9.43. The van der Waals surface area contributed by atoms with Gasteiger partial charge in [0.1, 0.15) is 5.54 Å². The van der Waals surface area contributed by atoms with Gasteiger partial charge in [0, 0.05) is 12.1 Å². The number of ether oxygens (including phenoxy) is 1. The van der Waals surface area contributed by atoms with Crippen LogP contribution in [0.25, 0.3) is 0 Å². The van der Waals surface area contributed by atoms with Gasteiger partial charge in [-0.3, -0.25) is 19.3 Å². The maximum Gasteiger partial charge on any atom is 0.331 e. The van der Waals surface area contributed by atoms with Crippen LogP contribution in [0.1, 0.15) is 44.4 Å². The summed E-state index contributed by atoms with van der Waals surface area (Å²) in [5.74, 6) is -1.71. The standard InChI is InChI=1S/C23H22N2O5/c1-23(22(29)30-2,24-19(26)16-10-4-3-5-11-16)14-8-9-15-25-20(27)17-12-6-7-13-18(17)21(25)28/h3-13H,14-15H2,1-2H3,(H,24,26). The van der Waals surface area contributed by atoms with Gasteiger partial charge in [0.25, 0.3) is 17.7 Å². The van der Waals surface area contributed by atoms with Gasteiger partial charge in [-0.25, -0.2) is 4.79 Å². The van der Waals surface area contributed by atoms with Crippen molar-refractivity contribution in [1.82, 2.24) is 10.2 Å². The quantitative estimate of drug-likeness (QED) is 0.433. The molecule has 1 aliphatic rings. The molecule has 3 amide bonds. The van der Waals surface area contributed by atoms with Crippen molar-refractivity contribution in [3.8, 4) is 0 Å². The molecule has 2 aromatic rings. The van der Waals surface area contributed by atoms with Gasteiger partial charge in [0.05, 0.1) is 18.2 Å². The Kier molecular flexibility index (Phi) is 6.11. The van der Waals surface area contributed by atoms with Crippen molar-refractivity contribution >= 4 is 23.7 Å². The predicted octanol–water partition coefficient (Wildman–Crippen LogP) is 2.59. The van der Waals surface area contributed by atoms with Crippen LogP contribution in [0, 0.1) is 0 Å². The van der Waals surface area contributed by atoms with Gasteiger partial charge in [-0.1, -0.05) is 42.5 Å². The van der Waals surface area contributed by atoms with E-state index < -0.39 is 17.4 Å². The Morgan fingerprint density at radius 3 is 2.10 bits per heavy atom. The highest BCUT2D eigenvalue weighted by molar-refractivity contribution is 6.21. The molecule has 0 aromatic heterocycles. The molecule has 7 nitrogen and oxygen atoms in total. The van der Waals surface area contributed by atoms with E-state index in [9.17, 15) is 19.2 Å². The first-order chi connectivity index (χ1) is 14.4. The summed E-state index contributed by atoms with van der Waals surface area (Å²) in [7, 11) is 1.25. The number of fused-ring (bicyclic) bond motifs is 1. The van der Waals surface area contributed by atoms with E-state index in [1.807, 2.05) is 0 Å². The zero-order valence-corrected chi connectivity index (χ0v) is 16.8. The third-order valence-electron chi connectivity index (χ3n) is 4.92. The topological polar surface area (TPSA) is 92.8 Å². The van der Waals surface area contributed by atoms with Crippen molar-refractivity contribution < 1.29 is 23.9 Å². The first kappa shape index (κ1) is 21.0. The molecule has 1 N–H and O–H groups in total. The average molecular weight is 406 g/mol. The van der Waals surface area contributed by atoms with Crippen LogP contribution in [0.3, 0.4) is 0 Å². The largest absolute Gasteiger partial charge is 0.467 e. The van der Waals surface area contributed by atoms with Gasteiger partial charge < -0.3 is 10.1 Å². The van der Waals surface area contributed by atoms with Crippen molar-refractivity contribution in [3.63, 3.8) is 0 Å². The molecule has 1 unspecified atom stereocenters. The van der Waals surface area contributed by atoms with E-state index in [0.717, 1.165) is 4.90 Å². The third-order valence-corrected chi connectivity index (χ3v) is 4.92. The number of esters is 1. The molecule has 154 valence electrons. The lowest BCUT2D eigenvalue weighted by atomic mass is 9.96. The molecular formula is C23H22N2O5. The zero-order chi connectivity index (χ0) is 21.7. The Bertz CT molecular complexity index is 980. The van der Waals surface area contributed by atoms with Crippen LogP contribution in [-0.4, -0.2) is 47.8 Å². The Hall–Kier alpha value is -3.74. The van der Waals surface area contributed by atoms with E-state index >= 15 is 0 Å². The lowest BCUT2D eigenvalue weighted by Gasteiger charge is -2.27. The fourth-order valence-electron chi connectivity index (χ4n) is 3.23. The number of hydrogen-bond acceptors (Lipinski definition) is 5. The number of carbonyl (C=O) groups excluding carboxylic acids is 4. The minimum atomic E-state index is -1.31. The van der Waals surface area contributed by atoms with Crippen molar-refractivity contribution in [1.29, 1.82) is 0 Å². The van der Waals surface area contributed by atoms with Crippen LogP contribution < -0.4 is 5.32 Å². The van der Waals surface area contributed by atoms with E-state index in [0.29, 0.717) is 16.7 Å². The molecule has 0 aliphatic carbocycles. The second-order valence-electron chi connectivity index (χ2n) is 7.09. The second kappa shape index (κ2) is 8.73. The average Bonchev–Trinajstić information content (AvgIpc) is 3.01. The molecule has 30 heavy (non-hydrogen) atoms. The fraction of sp³-hybridized carbons (Fsp3) is 0.217. The van der Waals surface area contributed by atoms with Gasteiger partial charge in [0.2, 0.25) is 0 Å². The number of benzene rings is 2. The Morgan fingerprint density at radius 2 is 1.53 bits per heavy atom. The van der Waals surface area contributed by atoms with Gasteiger partial charge in [-0.2, -0.15) is 0 Å². The van der Waals surface area contributed by atoms with Crippen molar-refractivity contribution in [2.24, 2.45) is 0 Å². The highest BCUT2D eigenvalue weighted by Gasteiger charge is 2.36. The summed E-state index contributed by atoms with van der Waals surface area (Å²) in [4.78, 5) is 50.7. The number of methoxy groups -OCH3 is 1. The lowest BCUT2D eigenvalue weighted by Crippen LogP contribution is -2.52. The Balaban J connectivity index is 1.67. The van der Waals surface area contributed by atoms with Gasteiger partial charge in [-0.05, 0) is 37.6 Å². The van der Waals surface area contributed by atoms with E-state index in [1.165, 1.54) is 7.11 Å². The van der Waals surface area contributed by atoms with Crippen molar-refractivity contribution in [2.45, 2.75) is 18.9 Å². The Morgan fingerprint density at radius 1 is 0.967 bits per heavy atom. The van der Waals surface area contributed by atoms with E-state index in [4.69, 9.17) is 4.74 Å². The van der Waals surface area contributed by atoms with Crippen LogP contribution in [0.4, 0.5) is 0 Å². The van der Waals surface area contributed by atoms with Crippen molar-refractivity contribution in [2.75, 3.05) is 13.7 Å². The fourth-order valence-corrected chi connectivity index (χ4v) is 3.23. The van der Waals surface area contributed by atoms with Crippen LogP contribution in [0.2, 0.25) is 0 Å². The molecular weight excluding hydrogens is 384 g/mol. The summed E-state index contributed by atoms with van der Waals surface area (Å²) in [6.07, 6.45) is 3.39. The molecule has 0 fully saturated rings. The number of rotatable bonds is 7. The molecule has 7 heteroatoms. The summed E-state index contributed by atoms with van der Waals surface area (Å²) in [5.41, 5.74) is -0.126. The summed E-state index contributed by atoms with van der Waals surface area (Å²) in [5, 5.41) is 2.71. The zero-order valence-electron chi connectivity index (χ0n) is 16.8. The summed E-state index contributed by atoms with van der Waals surface area (Å²) in [6.45, 7) is 1.63. The normalized spacial score (nSPS) is 15.1. The summed E-state index contributed by atoms with van der Waals surface area (Å²) < 4.78 is 4.85. The second-order valence-corrected chi connectivity index (χ2v) is 7.09. The summed E-state index contributed by atoms with van der Waals surface area (Å²) >= 11 is 0. The van der Waals surface area contributed by atoms with Crippen LogP contribution in [-0.2, 0) is 9.53 Å². The monoisotopic (exact) mass is 406 g/mol. The molecule has 1 aliphatic heterocycles. The van der Waals surface area contributed by atoms with Crippen molar-refractivity contribution in [3.05, 3.63) is 83.4 Å². The number of carbonyl (C=O) groups is 4. The third kappa shape index (κ3) is 4.15. The smallest absolute Gasteiger partial charge is 0.331 e. The highest BCUT2D eigenvalue weighted by atomic mass is 16.5. The minimum Gasteiger partial charge on any atom is -0.467 e. The van der Waals surface area contributed by atoms with E-state index in [-0.39, 0.29) is 24.8 Å². The molecule has 1 atom stereocenters. The first-order valence-corrected chi connectivity index (χ1v) is 9.43. The molecule has 0 radical (unpaired) electrons. The van der Waals surface area contributed by atoms with Crippen LogP contribution >= 0.6 is 0 Å². The molecule has 0 saturated carbocycles. The van der Waals surface area contributed by atoms with Gasteiger partial charge in [-0.15, -0.1) is 0 Å². The van der Waals surface area contributed by atoms with Gasteiger partial charge in [0.15, 0.2) is 0 Å². The molecule has 0 spiro atoms. The van der Waals surface area contributed by atoms with E-state index in [1.54, 1.807) is 73.7 Å². The number of nitrogens with one attached hydrogen (secondary N) is 1. The summed E-state index contributed by atoms with van der Waals surface area (Å²) in [6, 6.07) is 15.2. The highest BCUT2D eigenvalue weighted by Crippen LogP contribution is 2.22. The predicted molar refractivity (Wildman–Crippen MR) is 110 cm³/mol. The number of amides is 3. The number of hydrogen-bond donors (Lipinski definition) is 1. The van der Waals surface area contributed by atoms with Gasteiger partial charge >= 0.3 is 5.97 Å². The minimum absolute atomic E-state index is 0.0657. The number of imide groups is 1. The van der Waals surface area contributed by atoms with Crippen LogP contribution in [0.5, 0.6) is 0 Å². The molecule has 1 heterocycles. The number of nitrogens with zero attached hydrogens (tertiary/aromatic N) is 1. The SMILES string of the molecule is COC(=O)C(C)(CC=CCN1C(=O)c2ccccc2C1=O)NC(=O)c1ccccc1. The molecule has 3 rings (SSSR count). The maximum atomic E-state index is 12.5. The van der Waals surface area contributed by atoms with E-state index in [2.05, 4.69) is 5.32 Å². The lowest BCUT2D eigenvalue weighted by molar-refractivity contribution is -0.147.